The highest BCUT2D eigenvalue weighted by atomic mass is 127. The van der Waals surface area contributed by atoms with Gasteiger partial charge in [-0.2, -0.15) is 0 Å². The van der Waals surface area contributed by atoms with Crippen LogP contribution in [0.25, 0.3) is 0 Å². The van der Waals surface area contributed by atoms with Crippen LogP contribution in [0.5, 0.6) is 0 Å². The molecule has 1 aromatic heterocycles. The van der Waals surface area contributed by atoms with E-state index in [1.807, 2.05) is 6.92 Å². The molecule has 144 valence electrons. The predicted molar refractivity (Wildman–Crippen MR) is 116 cm³/mol. The number of aromatic nitrogens is 1. The summed E-state index contributed by atoms with van der Waals surface area (Å²) in [6.45, 7) is 14.7. The second-order valence-electron chi connectivity index (χ2n) is 6.64. The molecule has 1 aromatic rings. The number of ether oxygens (including phenoxy) is 1. The molecule has 0 bridgehead atoms. The molecule has 0 saturated carbocycles. The van der Waals surface area contributed by atoms with Gasteiger partial charge in [0.15, 0.2) is 5.96 Å². The molecule has 0 amide bonds. The Bertz CT molecular complexity index is 529. The fourth-order valence-electron chi connectivity index (χ4n) is 2.71. The third kappa shape index (κ3) is 7.76. The van der Waals surface area contributed by atoms with Crippen LogP contribution < -0.4 is 10.6 Å². The van der Waals surface area contributed by atoms with Gasteiger partial charge in [-0.3, -0.25) is 9.89 Å². The molecule has 8 heteroatoms. The minimum absolute atomic E-state index is 0. The molecule has 2 heterocycles. The maximum Gasteiger partial charge on any atom is 0.191 e. The van der Waals surface area contributed by atoms with E-state index in [9.17, 15) is 0 Å². The lowest BCUT2D eigenvalue weighted by molar-refractivity contribution is -0.00683. The fraction of sp³-hybridized carbons (Fsp3) is 0.765. The van der Waals surface area contributed by atoms with Crippen molar-refractivity contribution >= 4 is 41.3 Å². The van der Waals surface area contributed by atoms with Gasteiger partial charge in [0.25, 0.3) is 0 Å². The zero-order chi connectivity index (χ0) is 17.4. The average molecular weight is 481 g/mol. The van der Waals surface area contributed by atoms with Gasteiger partial charge in [-0.05, 0) is 27.7 Å². The Hall–Kier alpha value is -0.450. The van der Waals surface area contributed by atoms with E-state index < -0.39 is 0 Å². The van der Waals surface area contributed by atoms with Crippen LogP contribution in [0.2, 0.25) is 0 Å². The number of aliphatic imine (C=N–C) groups is 1. The van der Waals surface area contributed by atoms with E-state index in [0.717, 1.165) is 69.0 Å². The van der Waals surface area contributed by atoms with Gasteiger partial charge in [-0.25, -0.2) is 4.98 Å². The summed E-state index contributed by atoms with van der Waals surface area (Å²) in [6, 6.07) is 0. The molecule has 0 atom stereocenters. The molecule has 1 aliphatic heterocycles. The van der Waals surface area contributed by atoms with E-state index >= 15 is 0 Å². The van der Waals surface area contributed by atoms with E-state index in [2.05, 4.69) is 46.7 Å². The number of nitrogens with zero attached hydrogens (tertiary/aromatic N) is 3. The highest BCUT2D eigenvalue weighted by Gasteiger charge is 2.28. The summed E-state index contributed by atoms with van der Waals surface area (Å²) in [5.74, 6) is 0.880. The van der Waals surface area contributed by atoms with Crippen molar-refractivity contribution < 1.29 is 4.74 Å². The van der Waals surface area contributed by atoms with E-state index in [-0.39, 0.29) is 29.5 Å². The quantitative estimate of drug-likeness (QED) is 0.356. The van der Waals surface area contributed by atoms with Crippen LogP contribution in [-0.2, 0) is 11.2 Å². The Morgan fingerprint density at radius 1 is 1.36 bits per heavy atom. The molecule has 2 N–H and O–H groups in total. The SMILES string of the molecule is CCNC(=NCC(C)(C)N1CCOCC1)NCCc1csc(C)n1.I. The molecule has 6 nitrogen and oxygen atoms in total. The smallest absolute Gasteiger partial charge is 0.191 e. The Balaban J connectivity index is 0.00000312. The van der Waals surface area contributed by atoms with Crippen LogP contribution in [0.1, 0.15) is 31.5 Å². The number of nitrogens with one attached hydrogen (secondary N) is 2. The molecule has 1 fully saturated rings. The van der Waals surface area contributed by atoms with Crippen molar-refractivity contribution in [2.24, 2.45) is 4.99 Å². The molecular weight excluding hydrogens is 449 g/mol. The summed E-state index contributed by atoms with van der Waals surface area (Å²) in [4.78, 5) is 11.8. The van der Waals surface area contributed by atoms with Gasteiger partial charge in [0.05, 0.1) is 30.5 Å². The number of hydrogen-bond donors (Lipinski definition) is 2. The fourth-order valence-corrected chi connectivity index (χ4v) is 3.36. The molecule has 0 unspecified atom stereocenters. The van der Waals surface area contributed by atoms with Crippen LogP contribution in [0.4, 0.5) is 0 Å². The number of hydrogen-bond acceptors (Lipinski definition) is 5. The number of morpholine rings is 1. The number of guanidine groups is 1. The second kappa shape index (κ2) is 11.3. The van der Waals surface area contributed by atoms with Gasteiger partial charge < -0.3 is 15.4 Å². The van der Waals surface area contributed by atoms with Gasteiger partial charge in [0.2, 0.25) is 0 Å². The van der Waals surface area contributed by atoms with E-state index in [0.29, 0.717) is 0 Å². The van der Waals surface area contributed by atoms with Gasteiger partial charge in [-0.15, -0.1) is 35.3 Å². The van der Waals surface area contributed by atoms with Gasteiger partial charge in [-0.1, -0.05) is 0 Å². The molecule has 2 rings (SSSR count). The van der Waals surface area contributed by atoms with E-state index in [4.69, 9.17) is 9.73 Å². The van der Waals surface area contributed by atoms with Crippen molar-refractivity contribution in [1.82, 2.24) is 20.5 Å². The third-order valence-electron chi connectivity index (χ3n) is 4.18. The summed E-state index contributed by atoms with van der Waals surface area (Å²) < 4.78 is 5.45. The lowest BCUT2D eigenvalue weighted by Gasteiger charge is -2.39. The lowest BCUT2D eigenvalue weighted by atomic mass is 10.0. The summed E-state index contributed by atoms with van der Waals surface area (Å²) in [5, 5.41) is 9.99. The Morgan fingerprint density at radius 3 is 2.68 bits per heavy atom. The number of thiazole rings is 1. The van der Waals surface area contributed by atoms with Crippen molar-refractivity contribution in [3.8, 4) is 0 Å². The first-order valence-electron chi connectivity index (χ1n) is 8.77. The number of halogens is 1. The van der Waals surface area contributed by atoms with Crippen molar-refractivity contribution in [1.29, 1.82) is 0 Å². The summed E-state index contributed by atoms with van der Waals surface area (Å²) in [7, 11) is 0. The van der Waals surface area contributed by atoms with Crippen molar-refractivity contribution in [3.63, 3.8) is 0 Å². The molecule has 0 radical (unpaired) electrons. The zero-order valence-electron chi connectivity index (χ0n) is 15.8. The lowest BCUT2D eigenvalue weighted by Crippen LogP contribution is -2.52. The van der Waals surface area contributed by atoms with Crippen LogP contribution in [-0.4, -0.2) is 67.3 Å². The maximum atomic E-state index is 5.45. The first-order valence-corrected chi connectivity index (χ1v) is 9.65. The van der Waals surface area contributed by atoms with E-state index in [1.54, 1.807) is 11.3 Å². The maximum absolute atomic E-state index is 5.45. The monoisotopic (exact) mass is 481 g/mol. The Morgan fingerprint density at radius 2 is 2.08 bits per heavy atom. The van der Waals surface area contributed by atoms with Crippen molar-refractivity contribution in [3.05, 3.63) is 16.1 Å². The highest BCUT2D eigenvalue weighted by molar-refractivity contribution is 14.0. The highest BCUT2D eigenvalue weighted by Crippen LogP contribution is 2.16. The first-order chi connectivity index (χ1) is 11.5. The Kier molecular flexibility index (Phi) is 10.2. The first kappa shape index (κ1) is 22.6. The van der Waals surface area contributed by atoms with Crippen LogP contribution in [0.3, 0.4) is 0 Å². The van der Waals surface area contributed by atoms with Crippen molar-refractivity contribution in [2.45, 2.75) is 39.7 Å². The van der Waals surface area contributed by atoms with E-state index in [1.165, 1.54) is 0 Å². The molecule has 0 aliphatic carbocycles. The average Bonchev–Trinajstić information content (AvgIpc) is 2.99. The standard InChI is InChI=1S/C17H31N5OS.HI/c1-5-18-16(19-7-6-15-12-24-14(2)21-15)20-13-17(3,4)22-8-10-23-11-9-22;/h12H,5-11,13H2,1-4H3,(H2,18,19,20);1H. The predicted octanol–water partition coefficient (Wildman–Crippen LogP) is 2.28. The molecule has 0 aromatic carbocycles. The molecule has 25 heavy (non-hydrogen) atoms. The van der Waals surface area contributed by atoms with Crippen LogP contribution in [0, 0.1) is 6.92 Å². The number of rotatable bonds is 7. The summed E-state index contributed by atoms with van der Waals surface area (Å²) in [6.07, 6.45) is 0.918. The zero-order valence-corrected chi connectivity index (χ0v) is 18.9. The summed E-state index contributed by atoms with van der Waals surface area (Å²) >= 11 is 1.70. The van der Waals surface area contributed by atoms with Gasteiger partial charge in [0.1, 0.15) is 0 Å². The molecule has 1 aliphatic rings. The van der Waals surface area contributed by atoms with Crippen LogP contribution in [0.15, 0.2) is 10.4 Å². The largest absolute Gasteiger partial charge is 0.379 e. The van der Waals surface area contributed by atoms with Crippen LogP contribution >= 0.6 is 35.3 Å². The summed E-state index contributed by atoms with van der Waals surface area (Å²) in [5.41, 5.74) is 1.19. The van der Waals surface area contributed by atoms with Crippen molar-refractivity contribution in [2.75, 3.05) is 45.9 Å². The molecular formula is C17H32IN5OS. The van der Waals surface area contributed by atoms with Gasteiger partial charge in [0, 0.05) is 43.5 Å². The molecule has 0 spiro atoms. The van der Waals surface area contributed by atoms with Gasteiger partial charge >= 0.3 is 0 Å². The number of aryl methyl sites for hydroxylation is 1. The minimum atomic E-state index is 0. The second-order valence-corrected chi connectivity index (χ2v) is 7.70. The topological polar surface area (TPSA) is 61.8 Å². The normalized spacial score (nSPS) is 16.4. The third-order valence-corrected chi connectivity index (χ3v) is 5.00. The Labute approximate surface area is 172 Å². The minimum Gasteiger partial charge on any atom is -0.379 e. The molecule has 1 saturated heterocycles.